The number of halogens is 1. The Kier molecular flexibility index (Phi) is 3.47. The molecule has 1 aromatic carbocycles. The molecule has 1 fully saturated rings. The van der Waals surface area contributed by atoms with Crippen LogP contribution in [0.25, 0.3) is 0 Å². The van der Waals surface area contributed by atoms with E-state index in [1.54, 1.807) is 6.07 Å². The number of rotatable bonds is 1. The van der Waals surface area contributed by atoms with E-state index < -0.39 is 10.8 Å². The molecule has 1 saturated carbocycles. The van der Waals surface area contributed by atoms with Crippen LogP contribution in [0.2, 0.25) is 15.5 Å². The first-order valence-electron chi connectivity index (χ1n) is 6.72. The molecule has 0 radical (unpaired) electrons. The first-order valence-corrected chi connectivity index (χ1v) is 7.09. The minimum Gasteiger partial charge on any atom is -0.315 e. The molecule has 2 N–H and O–H groups in total. The largest absolute Gasteiger partial charge is 0.315 e. The van der Waals surface area contributed by atoms with Gasteiger partial charge < -0.3 is 5.73 Å². The molecule has 0 amide bonds. The van der Waals surface area contributed by atoms with E-state index in [1.165, 1.54) is 0 Å². The van der Waals surface area contributed by atoms with Crippen LogP contribution in [0, 0.1) is 0 Å². The molecule has 0 aromatic heterocycles. The van der Waals surface area contributed by atoms with Crippen molar-refractivity contribution >= 4 is 48.8 Å². The number of nitrogens with two attached hydrogens (primary N) is 1. The van der Waals surface area contributed by atoms with Crippen LogP contribution in [-0.2, 0) is 10.3 Å². The number of benzene rings is 1. The van der Waals surface area contributed by atoms with Gasteiger partial charge in [0.15, 0.2) is 0 Å². The molecule has 1 aliphatic rings. The summed E-state index contributed by atoms with van der Waals surface area (Å²) in [5, 5.41) is 0.0711. The van der Waals surface area contributed by atoms with Crippen LogP contribution in [0.5, 0.6) is 0 Å². The molecule has 0 spiro atoms. The second kappa shape index (κ2) is 4.46. The van der Waals surface area contributed by atoms with Crippen LogP contribution >= 0.6 is 11.6 Å². The third-order valence-corrected chi connectivity index (χ3v) is 5.49. The van der Waals surface area contributed by atoms with E-state index in [-0.39, 0.29) is 11.0 Å². The van der Waals surface area contributed by atoms with E-state index in [4.69, 9.17) is 17.3 Å². The monoisotopic (exact) mass is 271 g/mol. The summed E-state index contributed by atoms with van der Waals surface area (Å²) in [6.07, 6.45) is 1.56. The number of hydrogen-bond acceptors (Lipinski definition) is 2. The lowest BCUT2D eigenvalue weighted by atomic mass is 9.24. The van der Waals surface area contributed by atoms with Crippen LogP contribution < -0.4 is 5.73 Å². The van der Waals surface area contributed by atoms with Crippen molar-refractivity contribution in [2.75, 3.05) is 0 Å². The van der Waals surface area contributed by atoms with Crippen molar-refractivity contribution in [3.63, 3.8) is 0 Å². The number of carbonyl (C=O) groups is 1. The topological polar surface area (TPSA) is 43.1 Å². The van der Waals surface area contributed by atoms with E-state index in [2.05, 4.69) is 15.7 Å². The van der Waals surface area contributed by atoms with E-state index >= 15 is 0 Å². The van der Waals surface area contributed by atoms with Crippen LogP contribution in [0.1, 0.15) is 18.4 Å². The highest BCUT2D eigenvalue weighted by Gasteiger charge is 2.55. The summed E-state index contributed by atoms with van der Waals surface area (Å²) in [5.74, 6) is 0.0874. The number of hydrogen-bond donors (Lipinski definition) is 1. The van der Waals surface area contributed by atoms with Crippen LogP contribution in [0.15, 0.2) is 24.3 Å². The maximum Gasteiger partial charge on any atom is 0.147 e. The highest BCUT2D eigenvalue weighted by atomic mass is 35.5. The average Bonchev–Trinajstić information content (AvgIpc) is 2.34. The van der Waals surface area contributed by atoms with Crippen molar-refractivity contribution in [2.24, 2.45) is 5.73 Å². The van der Waals surface area contributed by atoms with Gasteiger partial charge in [-0.1, -0.05) is 41.4 Å². The van der Waals surface area contributed by atoms with Gasteiger partial charge in [0.2, 0.25) is 0 Å². The predicted octanol–water partition coefficient (Wildman–Crippen LogP) is -1.38. The summed E-state index contributed by atoms with van der Waals surface area (Å²) in [7, 11) is 8.26. The minimum absolute atomic E-state index is 0.0474. The lowest BCUT2D eigenvalue weighted by Crippen LogP contribution is -2.58. The van der Waals surface area contributed by atoms with Gasteiger partial charge in [-0.25, -0.2) is 0 Å². The number of carbonyl (C=O) groups excluding carboxylic acids is 1. The smallest absolute Gasteiger partial charge is 0.147 e. The van der Waals surface area contributed by atoms with Crippen molar-refractivity contribution < 1.29 is 4.79 Å². The van der Waals surface area contributed by atoms with Gasteiger partial charge in [-0.05, 0) is 23.3 Å². The zero-order valence-corrected chi connectivity index (χ0v) is 12.8. The van der Waals surface area contributed by atoms with Crippen molar-refractivity contribution in [1.29, 1.82) is 0 Å². The third kappa shape index (κ3) is 2.09. The standard InChI is InChI=1S/C12H18B4ClNO/c13-11(14)6-5-10(18,9(19)12(11,15)16)7-3-1-2-4-8(7)17/h1-4H,5-6,13-16,18H2. The molecule has 2 nitrogen and oxygen atoms in total. The molecule has 1 atom stereocenters. The van der Waals surface area contributed by atoms with Gasteiger partial charge in [0, 0.05) is 5.02 Å². The van der Waals surface area contributed by atoms with Gasteiger partial charge in [-0.15, -0.1) is 0 Å². The van der Waals surface area contributed by atoms with Crippen molar-refractivity contribution in [1.82, 2.24) is 0 Å². The normalized spacial score (nSPS) is 29.1. The second-order valence-electron chi connectivity index (χ2n) is 6.79. The van der Waals surface area contributed by atoms with E-state index in [9.17, 15) is 4.79 Å². The Bertz CT molecular complexity index is 534. The molecule has 0 bridgehead atoms. The summed E-state index contributed by atoms with van der Waals surface area (Å²) in [6, 6.07) is 7.41. The van der Waals surface area contributed by atoms with Gasteiger partial charge in [0.1, 0.15) is 27.0 Å². The Morgan fingerprint density at radius 3 is 2.26 bits per heavy atom. The van der Waals surface area contributed by atoms with Crippen LogP contribution in [0.4, 0.5) is 0 Å². The van der Waals surface area contributed by atoms with Crippen LogP contribution in [0.3, 0.4) is 0 Å². The second-order valence-corrected chi connectivity index (χ2v) is 7.20. The first kappa shape index (κ1) is 14.8. The maximum atomic E-state index is 13.0. The Morgan fingerprint density at radius 1 is 1.11 bits per heavy atom. The minimum atomic E-state index is -0.961. The third-order valence-electron chi connectivity index (χ3n) is 5.16. The molecule has 2 rings (SSSR count). The van der Waals surface area contributed by atoms with Gasteiger partial charge in [0.25, 0.3) is 0 Å². The zero-order chi connectivity index (χ0) is 14.5. The molecule has 1 aromatic rings. The predicted molar refractivity (Wildman–Crippen MR) is 91.1 cm³/mol. The fourth-order valence-corrected chi connectivity index (χ4v) is 3.19. The molecule has 1 aliphatic carbocycles. The molecule has 7 heteroatoms. The van der Waals surface area contributed by atoms with Crippen LogP contribution in [-0.4, -0.2) is 37.2 Å². The quantitative estimate of drug-likeness (QED) is 0.640. The first-order chi connectivity index (χ1) is 8.63. The highest BCUT2D eigenvalue weighted by molar-refractivity contribution is 6.62. The highest BCUT2D eigenvalue weighted by Crippen LogP contribution is 2.55. The molecule has 96 valence electrons. The van der Waals surface area contributed by atoms with E-state index in [0.29, 0.717) is 11.4 Å². The van der Waals surface area contributed by atoms with E-state index in [1.807, 2.05) is 33.9 Å². The fourth-order valence-electron chi connectivity index (χ4n) is 2.88. The summed E-state index contributed by atoms with van der Waals surface area (Å²) in [6.45, 7) is 0. The van der Waals surface area contributed by atoms with Gasteiger partial charge >= 0.3 is 0 Å². The molecule has 1 unspecified atom stereocenters. The Hall–Kier alpha value is -0.600. The van der Waals surface area contributed by atoms with E-state index in [0.717, 1.165) is 12.0 Å². The Labute approximate surface area is 123 Å². The van der Waals surface area contributed by atoms with Gasteiger partial charge in [-0.2, -0.15) is 0 Å². The SMILES string of the molecule is BC1(B)CCC(N)(c2ccccc2Cl)C(=O)C1(B)B. The summed E-state index contributed by atoms with van der Waals surface area (Å²) < 4.78 is 0. The van der Waals surface area contributed by atoms with Crippen molar-refractivity contribution in [2.45, 2.75) is 28.8 Å². The average molecular weight is 271 g/mol. The summed E-state index contributed by atoms with van der Waals surface area (Å²) >= 11 is 6.24. The number of Topliss-reactive ketones (excluding diaryl/α,β-unsaturated/α-hetero) is 1. The zero-order valence-electron chi connectivity index (χ0n) is 12.1. The van der Waals surface area contributed by atoms with Crippen molar-refractivity contribution in [3.8, 4) is 0 Å². The molecule has 0 saturated heterocycles. The summed E-state index contributed by atoms with van der Waals surface area (Å²) in [4.78, 5) is 13.0. The molecular formula is C12H18B4ClNO. The fraction of sp³-hybridized carbons (Fsp3) is 0.417. The van der Waals surface area contributed by atoms with Crippen molar-refractivity contribution in [3.05, 3.63) is 34.9 Å². The van der Waals surface area contributed by atoms with Gasteiger partial charge in [0.05, 0.1) is 15.7 Å². The number of ketones is 1. The molecular weight excluding hydrogens is 253 g/mol. The lowest BCUT2D eigenvalue weighted by molar-refractivity contribution is -0.128. The molecule has 0 aliphatic heterocycles. The Morgan fingerprint density at radius 2 is 1.68 bits per heavy atom. The lowest BCUT2D eigenvalue weighted by Gasteiger charge is -2.52. The maximum absolute atomic E-state index is 13.0. The summed E-state index contributed by atoms with van der Waals surface area (Å²) in [5.41, 5.74) is 6.28. The molecule has 0 heterocycles. The van der Waals surface area contributed by atoms with Gasteiger partial charge in [-0.3, -0.25) is 4.79 Å². The molecule has 19 heavy (non-hydrogen) atoms. The Balaban J connectivity index is 2.53.